The molecule has 160 valence electrons. The van der Waals surface area contributed by atoms with Crippen LogP contribution in [-0.4, -0.2) is 25.4 Å². The summed E-state index contributed by atoms with van der Waals surface area (Å²) < 4.78 is 49.3. The summed E-state index contributed by atoms with van der Waals surface area (Å²) in [6.45, 7) is 2.62. The van der Waals surface area contributed by atoms with Gasteiger partial charge in [-0.1, -0.05) is 11.8 Å². The van der Waals surface area contributed by atoms with E-state index < -0.39 is 19.2 Å². The Morgan fingerprint density at radius 3 is 2.17 bits per heavy atom. The SMILES string of the molecule is CSc1[nH+]ccc2c(-c3ccc(OC(C)=O)c(OC(C)=O)c3)scc12.F[B-](F)(F)F. The molecule has 0 radical (unpaired) electrons. The van der Waals surface area contributed by atoms with Gasteiger partial charge in [0.2, 0.25) is 5.03 Å². The fraction of sp³-hybridized carbons (Fsp3) is 0.167. The first-order chi connectivity index (χ1) is 14.0. The Morgan fingerprint density at radius 1 is 1.00 bits per heavy atom. The largest absolute Gasteiger partial charge is 0.673 e. The Bertz CT molecular complexity index is 1070. The molecule has 0 atom stereocenters. The van der Waals surface area contributed by atoms with E-state index in [-0.39, 0.29) is 11.5 Å². The Hall–Kier alpha value is -2.60. The standard InChI is InChI=1S/C18H15NO4S2.BF4/c1-10(20)22-15-5-4-12(8-16(15)23-11(2)21)17-13-6-7-19-18(24-3)14(13)9-25-17;2-1(3,4)5/h4-9H,1-3H3;/q;-1/p+1. The van der Waals surface area contributed by atoms with E-state index in [1.807, 2.05) is 24.6 Å². The van der Waals surface area contributed by atoms with Crippen LogP contribution in [0, 0.1) is 0 Å². The van der Waals surface area contributed by atoms with Crippen LogP contribution in [0.4, 0.5) is 17.3 Å². The second-order valence-electron chi connectivity index (χ2n) is 5.75. The first-order valence-corrected chi connectivity index (χ1v) is 10.4. The van der Waals surface area contributed by atoms with Gasteiger partial charge in [0.05, 0.1) is 5.39 Å². The highest BCUT2D eigenvalue weighted by Gasteiger charge is 2.20. The summed E-state index contributed by atoms with van der Waals surface area (Å²) in [5, 5.41) is 5.45. The predicted octanol–water partition coefficient (Wildman–Crippen LogP) is 5.25. The summed E-state index contributed by atoms with van der Waals surface area (Å²) in [7, 11) is -6.00. The molecule has 2 heterocycles. The van der Waals surface area contributed by atoms with Crippen LogP contribution in [0.5, 0.6) is 11.5 Å². The summed E-state index contributed by atoms with van der Waals surface area (Å²) >= 11 is 3.26. The van der Waals surface area contributed by atoms with Crippen LogP contribution in [0.2, 0.25) is 0 Å². The maximum atomic E-state index is 11.4. The third kappa shape index (κ3) is 6.73. The fourth-order valence-electron chi connectivity index (χ4n) is 2.50. The number of aromatic amines is 1. The number of pyridine rings is 1. The highest BCUT2D eigenvalue weighted by Crippen LogP contribution is 2.40. The molecule has 3 rings (SSSR count). The van der Waals surface area contributed by atoms with E-state index in [2.05, 4.69) is 10.4 Å². The van der Waals surface area contributed by atoms with Gasteiger partial charge in [-0.05, 0) is 30.0 Å². The predicted molar refractivity (Wildman–Crippen MR) is 108 cm³/mol. The number of carbonyl (C=O) groups excluding carboxylic acids is 2. The molecular formula is C18H16BF4NO4S2. The van der Waals surface area contributed by atoms with Crippen LogP contribution in [0.25, 0.3) is 21.2 Å². The average Bonchev–Trinajstić information content (AvgIpc) is 3.05. The van der Waals surface area contributed by atoms with Crippen molar-refractivity contribution in [3.63, 3.8) is 0 Å². The Morgan fingerprint density at radius 2 is 1.60 bits per heavy atom. The van der Waals surface area contributed by atoms with Gasteiger partial charge in [-0.2, -0.15) is 0 Å². The number of esters is 2. The molecule has 5 nitrogen and oxygen atoms in total. The average molecular weight is 461 g/mol. The second-order valence-corrected chi connectivity index (χ2v) is 7.44. The van der Waals surface area contributed by atoms with Gasteiger partial charge in [0.25, 0.3) is 0 Å². The number of hydrogen-bond acceptors (Lipinski definition) is 6. The molecule has 0 fully saturated rings. The third-order valence-corrected chi connectivity index (χ3v) is 5.25. The van der Waals surface area contributed by atoms with Crippen LogP contribution < -0.4 is 14.5 Å². The molecule has 0 bridgehead atoms. The van der Waals surface area contributed by atoms with Crippen molar-refractivity contribution in [2.75, 3.05) is 6.26 Å². The fourth-order valence-corrected chi connectivity index (χ4v) is 4.20. The number of carbonyl (C=O) groups is 2. The molecule has 0 aliphatic carbocycles. The number of H-pyrrole nitrogens is 1. The van der Waals surface area contributed by atoms with Crippen LogP contribution in [0.3, 0.4) is 0 Å². The second kappa shape index (κ2) is 9.94. The number of rotatable bonds is 4. The molecule has 0 amide bonds. The Kier molecular flexibility index (Phi) is 7.85. The molecule has 0 spiro atoms. The summed E-state index contributed by atoms with van der Waals surface area (Å²) in [6.07, 6.45) is 3.93. The number of thiophene rings is 1. The van der Waals surface area contributed by atoms with E-state index in [4.69, 9.17) is 9.47 Å². The molecule has 1 aromatic carbocycles. The van der Waals surface area contributed by atoms with E-state index in [1.165, 1.54) is 13.8 Å². The van der Waals surface area contributed by atoms with Crippen molar-refractivity contribution in [2.45, 2.75) is 18.9 Å². The summed E-state index contributed by atoms with van der Waals surface area (Å²) in [5.74, 6) is -0.483. The molecule has 0 aliphatic rings. The third-order valence-electron chi connectivity index (χ3n) is 3.46. The van der Waals surface area contributed by atoms with Crippen LogP contribution in [0.15, 0.2) is 40.9 Å². The van der Waals surface area contributed by atoms with E-state index >= 15 is 0 Å². The van der Waals surface area contributed by atoms with Gasteiger partial charge in [0, 0.05) is 35.6 Å². The zero-order chi connectivity index (χ0) is 22.5. The van der Waals surface area contributed by atoms with Gasteiger partial charge in [0.1, 0.15) is 0 Å². The van der Waals surface area contributed by atoms with Gasteiger partial charge in [-0.25, -0.2) is 4.98 Å². The number of aromatic nitrogens is 1. The monoisotopic (exact) mass is 461 g/mol. The highest BCUT2D eigenvalue weighted by atomic mass is 32.2. The summed E-state index contributed by atoms with van der Waals surface area (Å²) in [5.41, 5.74) is 0.894. The molecule has 0 unspecified atom stereocenters. The summed E-state index contributed by atoms with van der Waals surface area (Å²) in [4.78, 5) is 26.9. The molecular weight excluding hydrogens is 445 g/mol. The lowest BCUT2D eigenvalue weighted by Gasteiger charge is -2.10. The number of benzene rings is 1. The van der Waals surface area contributed by atoms with Gasteiger partial charge < -0.3 is 26.7 Å². The van der Waals surface area contributed by atoms with E-state index in [0.29, 0.717) is 0 Å². The molecule has 0 aliphatic heterocycles. The summed E-state index contributed by atoms with van der Waals surface area (Å²) in [6, 6.07) is 7.24. The highest BCUT2D eigenvalue weighted by molar-refractivity contribution is 7.98. The van der Waals surface area contributed by atoms with E-state index in [9.17, 15) is 26.9 Å². The number of fused-ring (bicyclic) bond motifs is 1. The smallest absolute Gasteiger partial charge is 0.423 e. The Balaban J connectivity index is 0.000000575. The number of ether oxygens (including phenoxy) is 2. The number of thioether (sulfide) groups is 1. The topological polar surface area (TPSA) is 66.7 Å². The van der Waals surface area contributed by atoms with Crippen LogP contribution in [-0.2, 0) is 9.59 Å². The molecule has 0 saturated carbocycles. The normalized spacial score (nSPS) is 10.9. The first-order valence-electron chi connectivity index (χ1n) is 8.34. The Labute approximate surface area is 177 Å². The van der Waals surface area contributed by atoms with Crippen molar-refractivity contribution in [1.82, 2.24) is 0 Å². The van der Waals surface area contributed by atoms with Crippen molar-refractivity contribution < 1.29 is 41.3 Å². The zero-order valence-corrected chi connectivity index (χ0v) is 17.6. The number of halogens is 4. The molecule has 3 aromatic rings. The van der Waals surface area contributed by atoms with Gasteiger partial charge in [0.15, 0.2) is 17.7 Å². The molecule has 12 heteroatoms. The van der Waals surface area contributed by atoms with E-state index in [1.54, 1.807) is 35.2 Å². The van der Waals surface area contributed by atoms with Crippen molar-refractivity contribution in [1.29, 1.82) is 0 Å². The number of nitrogens with one attached hydrogen (secondary N) is 1. The van der Waals surface area contributed by atoms with Gasteiger partial charge in [-0.15, -0.1) is 11.3 Å². The van der Waals surface area contributed by atoms with Crippen molar-refractivity contribution in [2.24, 2.45) is 0 Å². The molecule has 0 saturated heterocycles. The maximum absolute atomic E-state index is 11.4. The molecule has 2 aromatic heterocycles. The van der Waals surface area contributed by atoms with E-state index in [0.717, 1.165) is 26.2 Å². The van der Waals surface area contributed by atoms with Crippen molar-refractivity contribution in [3.05, 3.63) is 35.8 Å². The van der Waals surface area contributed by atoms with Crippen molar-refractivity contribution in [3.8, 4) is 21.9 Å². The zero-order valence-electron chi connectivity index (χ0n) is 16.0. The van der Waals surface area contributed by atoms with Gasteiger partial charge in [-0.3, -0.25) is 9.59 Å². The van der Waals surface area contributed by atoms with Crippen molar-refractivity contribution >= 4 is 53.1 Å². The number of hydrogen-bond donors (Lipinski definition) is 0. The lowest BCUT2D eigenvalue weighted by molar-refractivity contribution is -0.423. The lowest BCUT2D eigenvalue weighted by atomic mass is 10.1. The minimum absolute atomic E-state index is 0.227. The van der Waals surface area contributed by atoms with Crippen LogP contribution in [0.1, 0.15) is 13.8 Å². The maximum Gasteiger partial charge on any atom is 0.673 e. The first kappa shape index (κ1) is 23.7. The quantitative estimate of drug-likeness (QED) is 0.175. The van der Waals surface area contributed by atoms with Crippen LogP contribution >= 0.6 is 23.1 Å². The lowest BCUT2D eigenvalue weighted by Crippen LogP contribution is -2.07. The van der Waals surface area contributed by atoms with Gasteiger partial charge >= 0.3 is 19.2 Å². The minimum atomic E-state index is -6.00. The molecule has 1 N–H and O–H groups in total. The molecule has 30 heavy (non-hydrogen) atoms. The minimum Gasteiger partial charge on any atom is -0.423 e.